The van der Waals surface area contributed by atoms with Gasteiger partial charge in [-0.05, 0) is 65.6 Å². The van der Waals surface area contributed by atoms with Gasteiger partial charge in [0.25, 0.3) is 0 Å². The lowest BCUT2D eigenvalue weighted by atomic mass is 9.75. The molecule has 0 radical (unpaired) electrons. The van der Waals surface area contributed by atoms with Gasteiger partial charge >= 0.3 is 13.1 Å². The number of nitrogens with zero attached hydrogens (tertiary/aromatic N) is 1. The number of amides is 2. The van der Waals surface area contributed by atoms with Crippen LogP contribution in [0, 0.1) is 6.92 Å². The molecule has 0 spiro atoms. The van der Waals surface area contributed by atoms with E-state index in [0.717, 1.165) is 16.7 Å². The molecule has 0 bridgehead atoms. The molecular weight excluding hydrogens is 303 g/mol. The maximum Gasteiger partial charge on any atom is 0.495 e. The molecule has 0 aliphatic carbocycles. The highest BCUT2D eigenvalue weighted by Crippen LogP contribution is 2.37. The minimum absolute atomic E-state index is 0.0610. The van der Waals surface area contributed by atoms with Crippen molar-refractivity contribution in [2.24, 2.45) is 0 Å². The smallest absolute Gasteiger partial charge is 0.399 e. The molecule has 2 fully saturated rings. The molecule has 1 aromatic rings. The quantitative estimate of drug-likeness (QED) is 0.848. The summed E-state index contributed by atoms with van der Waals surface area (Å²) in [5, 5.41) is 3.01. The van der Waals surface area contributed by atoms with E-state index in [1.807, 2.05) is 66.7 Å². The van der Waals surface area contributed by atoms with Crippen molar-refractivity contribution in [1.82, 2.24) is 5.32 Å². The molecule has 2 aliphatic rings. The number of hydrogen-bond donors (Lipinski definition) is 1. The zero-order valence-corrected chi connectivity index (χ0v) is 15.7. The molecule has 130 valence electrons. The van der Waals surface area contributed by atoms with E-state index in [2.05, 4.69) is 5.32 Å². The molecule has 0 unspecified atom stereocenters. The van der Waals surface area contributed by atoms with Crippen LogP contribution in [0.25, 0.3) is 0 Å². The fraction of sp³-hybridized carbons (Fsp3) is 0.611. The normalized spacial score (nSPS) is 24.4. The van der Waals surface area contributed by atoms with Gasteiger partial charge in [-0.2, -0.15) is 0 Å². The predicted octanol–water partition coefficient (Wildman–Crippen LogP) is 2.60. The second-order valence-electron chi connectivity index (χ2n) is 8.48. The lowest BCUT2D eigenvalue weighted by Gasteiger charge is -2.32. The summed E-state index contributed by atoms with van der Waals surface area (Å²) in [4.78, 5) is 14.1. The standard InChI is InChI=1S/C18H27BN2O3/c1-12-13(19-23-17(4,5)18(6,7)24-19)9-8-10-14(12)21-11-16(2,3)20-15(21)22/h8-10H,11H2,1-7H3,(H,20,22). The highest BCUT2D eigenvalue weighted by Gasteiger charge is 2.52. The summed E-state index contributed by atoms with van der Waals surface area (Å²) < 4.78 is 12.4. The fourth-order valence-corrected chi connectivity index (χ4v) is 3.22. The molecule has 24 heavy (non-hydrogen) atoms. The van der Waals surface area contributed by atoms with Crippen LogP contribution in [0.4, 0.5) is 10.5 Å². The van der Waals surface area contributed by atoms with Crippen molar-refractivity contribution in [1.29, 1.82) is 0 Å². The van der Waals surface area contributed by atoms with E-state index < -0.39 is 7.12 Å². The summed E-state index contributed by atoms with van der Waals surface area (Å²) >= 11 is 0. The average Bonchev–Trinajstić information content (AvgIpc) is 2.81. The third-order valence-electron chi connectivity index (χ3n) is 5.39. The minimum Gasteiger partial charge on any atom is -0.399 e. The Balaban J connectivity index is 1.95. The number of urea groups is 1. The molecule has 0 aromatic heterocycles. The number of nitrogens with one attached hydrogen (secondary N) is 1. The topological polar surface area (TPSA) is 50.8 Å². The van der Waals surface area contributed by atoms with E-state index in [1.165, 1.54) is 0 Å². The Morgan fingerprint density at radius 2 is 1.67 bits per heavy atom. The number of anilines is 1. The lowest BCUT2D eigenvalue weighted by molar-refractivity contribution is 0.00578. The fourth-order valence-electron chi connectivity index (χ4n) is 3.22. The molecule has 3 rings (SSSR count). The molecular formula is C18H27BN2O3. The van der Waals surface area contributed by atoms with Crippen LogP contribution < -0.4 is 15.7 Å². The average molecular weight is 330 g/mol. The third kappa shape index (κ3) is 2.72. The van der Waals surface area contributed by atoms with E-state index in [9.17, 15) is 4.79 Å². The van der Waals surface area contributed by atoms with Crippen molar-refractivity contribution >= 4 is 24.3 Å². The first-order chi connectivity index (χ1) is 10.9. The number of benzene rings is 1. The van der Waals surface area contributed by atoms with Crippen LogP contribution >= 0.6 is 0 Å². The van der Waals surface area contributed by atoms with Crippen LogP contribution in [0.3, 0.4) is 0 Å². The Kier molecular flexibility index (Phi) is 3.77. The number of rotatable bonds is 2. The number of carbonyl (C=O) groups excluding carboxylic acids is 1. The van der Waals surface area contributed by atoms with E-state index in [4.69, 9.17) is 9.31 Å². The zero-order chi connectivity index (χ0) is 17.9. The predicted molar refractivity (Wildman–Crippen MR) is 96.9 cm³/mol. The first-order valence-corrected chi connectivity index (χ1v) is 8.48. The molecule has 1 aromatic carbocycles. The van der Waals surface area contributed by atoms with Gasteiger partial charge in [-0.3, -0.25) is 4.90 Å². The van der Waals surface area contributed by atoms with Crippen LogP contribution in [-0.2, 0) is 9.31 Å². The van der Waals surface area contributed by atoms with E-state index in [0.29, 0.717) is 6.54 Å². The van der Waals surface area contributed by atoms with Gasteiger partial charge in [0.15, 0.2) is 0 Å². The summed E-state index contributed by atoms with van der Waals surface area (Å²) in [5.41, 5.74) is 1.90. The summed E-state index contributed by atoms with van der Waals surface area (Å²) in [7, 11) is -0.423. The van der Waals surface area contributed by atoms with Gasteiger partial charge in [0.05, 0.1) is 23.3 Å². The molecule has 2 aliphatic heterocycles. The Morgan fingerprint density at radius 1 is 1.08 bits per heavy atom. The second kappa shape index (κ2) is 5.23. The second-order valence-corrected chi connectivity index (χ2v) is 8.48. The van der Waals surface area contributed by atoms with Crippen molar-refractivity contribution < 1.29 is 14.1 Å². The molecule has 5 nitrogen and oxygen atoms in total. The highest BCUT2D eigenvalue weighted by atomic mass is 16.7. The molecule has 1 N–H and O–H groups in total. The number of carbonyl (C=O) groups is 1. The van der Waals surface area contributed by atoms with Crippen LogP contribution in [0.5, 0.6) is 0 Å². The SMILES string of the molecule is Cc1c(B2OC(C)(C)C(C)(C)O2)cccc1N1CC(C)(C)NC1=O. The van der Waals surface area contributed by atoms with Crippen LogP contribution in [0.2, 0.25) is 0 Å². The Labute approximate surface area is 144 Å². The van der Waals surface area contributed by atoms with Crippen LogP contribution in [0.15, 0.2) is 18.2 Å². The van der Waals surface area contributed by atoms with Crippen molar-refractivity contribution in [3.8, 4) is 0 Å². The first kappa shape index (κ1) is 17.3. The molecule has 2 amide bonds. The van der Waals surface area contributed by atoms with Crippen LogP contribution in [-0.4, -0.2) is 36.4 Å². The maximum absolute atomic E-state index is 12.3. The van der Waals surface area contributed by atoms with Gasteiger partial charge in [-0.15, -0.1) is 0 Å². The van der Waals surface area contributed by atoms with Crippen molar-refractivity contribution in [2.45, 2.75) is 65.2 Å². The molecule has 2 saturated heterocycles. The van der Waals surface area contributed by atoms with Gasteiger partial charge in [-0.25, -0.2) is 4.79 Å². The third-order valence-corrected chi connectivity index (χ3v) is 5.39. The van der Waals surface area contributed by atoms with Gasteiger partial charge in [0, 0.05) is 5.69 Å². The van der Waals surface area contributed by atoms with Crippen molar-refractivity contribution in [2.75, 3.05) is 11.4 Å². The van der Waals surface area contributed by atoms with E-state index in [-0.39, 0.29) is 22.8 Å². The first-order valence-electron chi connectivity index (χ1n) is 8.48. The highest BCUT2D eigenvalue weighted by molar-refractivity contribution is 6.62. The minimum atomic E-state index is -0.423. The Hall–Kier alpha value is -1.53. The monoisotopic (exact) mass is 330 g/mol. The summed E-state index contributed by atoms with van der Waals surface area (Å²) in [6.07, 6.45) is 0. The molecule has 0 saturated carbocycles. The Morgan fingerprint density at radius 3 is 2.17 bits per heavy atom. The molecule has 0 atom stereocenters. The van der Waals surface area contributed by atoms with Gasteiger partial charge < -0.3 is 14.6 Å². The van der Waals surface area contributed by atoms with Crippen molar-refractivity contribution in [3.63, 3.8) is 0 Å². The van der Waals surface area contributed by atoms with Crippen LogP contribution in [0.1, 0.15) is 47.1 Å². The summed E-state index contributed by atoms with van der Waals surface area (Å²) in [5.74, 6) is 0. The molecule has 2 heterocycles. The van der Waals surface area contributed by atoms with E-state index in [1.54, 1.807) is 4.90 Å². The molecule has 6 heteroatoms. The van der Waals surface area contributed by atoms with Crippen molar-refractivity contribution in [3.05, 3.63) is 23.8 Å². The maximum atomic E-state index is 12.3. The van der Waals surface area contributed by atoms with E-state index >= 15 is 0 Å². The largest absolute Gasteiger partial charge is 0.495 e. The zero-order valence-electron chi connectivity index (χ0n) is 15.7. The van der Waals surface area contributed by atoms with Gasteiger partial charge in [0.1, 0.15) is 0 Å². The van der Waals surface area contributed by atoms with Gasteiger partial charge in [-0.1, -0.05) is 12.1 Å². The Bertz CT molecular complexity index is 669. The summed E-state index contributed by atoms with van der Waals surface area (Å²) in [6, 6.07) is 5.89. The number of hydrogen-bond acceptors (Lipinski definition) is 3. The summed E-state index contributed by atoms with van der Waals surface area (Å²) in [6.45, 7) is 14.9. The van der Waals surface area contributed by atoms with Gasteiger partial charge in [0.2, 0.25) is 0 Å². The lowest BCUT2D eigenvalue weighted by Crippen LogP contribution is -2.41.